The summed E-state index contributed by atoms with van der Waals surface area (Å²) in [5.74, 6) is 1.34. The Hall–Kier alpha value is -3.40. The number of benzene rings is 1. The van der Waals surface area contributed by atoms with Crippen LogP contribution in [0.4, 0.5) is 11.5 Å². The van der Waals surface area contributed by atoms with E-state index in [0.29, 0.717) is 22.8 Å². The summed E-state index contributed by atoms with van der Waals surface area (Å²) < 4.78 is 6.21. The minimum absolute atomic E-state index is 0.106. The van der Waals surface area contributed by atoms with Crippen LogP contribution in [-0.2, 0) is 0 Å². The monoisotopic (exact) mass is 360 g/mol. The average molecular weight is 360 g/mol. The highest BCUT2D eigenvalue weighted by molar-refractivity contribution is 5.84. The van der Waals surface area contributed by atoms with Crippen LogP contribution in [-0.4, -0.2) is 27.1 Å². The molecule has 136 valence electrons. The fraction of sp³-hybridized carbons (Fsp3) is 0.300. The van der Waals surface area contributed by atoms with Gasteiger partial charge in [0, 0.05) is 36.4 Å². The summed E-state index contributed by atoms with van der Waals surface area (Å²) in [5, 5.41) is 12.6. The molecule has 0 radical (unpaired) electrons. The van der Waals surface area contributed by atoms with Crippen molar-refractivity contribution in [2.75, 3.05) is 11.1 Å². The minimum atomic E-state index is 0.106. The molecule has 0 aliphatic heterocycles. The van der Waals surface area contributed by atoms with E-state index in [-0.39, 0.29) is 12.1 Å². The van der Waals surface area contributed by atoms with E-state index in [4.69, 9.17) is 10.5 Å². The van der Waals surface area contributed by atoms with Crippen LogP contribution in [0.15, 0.2) is 42.9 Å². The summed E-state index contributed by atoms with van der Waals surface area (Å²) in [6.45, 7) is 0. The van der Waals surface area contributed by atoms with Crippen molar-refractivity contribution in [1.82, 2.24) is 15.0 Å². The van der Waals surface area contributed by atoms with Crippen molar-refractivity contribution >= 4 is 22.5 Å². The van der Waals surface area contributed by atoms with Gasteiger partial charge in [0.15, 0.2) is 0 Å². The van der Waals surface area contributed by atoms with Gasteiger partial charge in [0.25, 0.3) is 0 Å². The van der Waals surface area contributed by atoms with Gasteiger partial charge >= 0.3 is 0 Å². The van der Waals surface area contributed by atoms with Gasteiger partial charge in [0.05, 0.1) is 17.2 Å². The molecule has 1 aliphatic carbocycles. The van der Waals surface area contributed by atoms with Gasteiger partial charge in [-0.2, -0.15) is 5.26 Å². The molecular formula is C20H20N6O. The largest absolute Gasteiger partial charge is 0.488 e. The van der Waals surface area contributed by atoms with Crippen LogP contribution >= 0.6 is 0 Å². The van der Waals surface area contributed by atoms with Crippen molar-refractivity contribution in [2.45, 2.75) is 37.8 Å². The molecular weight excluding hydrogens is 340 g/mol. The number of hydrogen-bond donors (Lipinski definition) is 2. The van der Waals surface area contributed by atoms with Gasteiger partial charge in [-0.3, -0.25) is 4.98 Å². The molecule has 7 nitrogen and oxygen atoms in total. The lowest BCUT2D eigenvalue weighted by atomic mass is 9.92. The maximum atomic E-state index is 9.19. The summed E-state index contributed by atoms with van der Waals surface area (Å²) in [6.07, 6.45) is 8.81. The SMILES string of the molecule is N#Cc1cccnc1NC1CCC(Oc2cc(N)cc3nccnc23)CC1. The fourth-order valence-electron chi connectivity index (χ4n) is 3.46. The number of nitrogens with one attached hydrogen (secondary N) is 1. The van der Waals surface area contributed by atoms with Gasteiger partial charge in [0.2, 0.25) is 0 Å². The predicted octanol–water partition coefficient (Wildman–Crippen LogP) is 3.28. The van der Waals surface area contributed by atoms with Crippen LogP contribution in [0.2, 0.25) is 0 Å². The number of nitrogen functional groups attached to an aromatic ring is 1. The minimum Gasteiger partial charge on any atom is -0.488 e. The van der Waals surface area contributed by atoms with Crippen LogP contribution in [0, 0.1) is 11.3 Å². The van der Waals surface area contributed by atoms with Crippen LogP contribution in [0.3, 0.4) is 0 Å². The quantitative estimate of drug-likeness (QED) is 0.687. The maximum Gasteiger partial charge on any atom is 0.149 e. The van der Waals surface area contributed by atoms with E-state index in [1.54, 1.807) is 36.8 Å². The Balaban J connectivity index is 1.41. The number of aromatic nitrogens is 3. The van der Waals surface area contributed by atoms with Gasteiger partial charge in [0.1, 0.15) is 23.2 Å². The van der Waals surface area contributed by atoms with Gasteiger partial charge in [-0.15, -0.1) is 0 Å². The zero-order valence-electron chi connectivity index (χ0n) is 14.8. The highest BCUT2D eigenvalue weighted by Crippen LogP contribution is 2.31. The molecule has 2 aromatic heterocycles. The Morgan fingerprint density at radius 2 is 1.89 bits per heavy atom. The zero-order valence-corrected chi connectivity index (χ0v) is 14.8. The van der Waals surface area contributed by atoms with Gasteiger partial charge < -0.3 is 15.8 Å². The van der Waals surface area contributed by atoms with E-state index in [1.807, 2.05) is 6.07 Å². The van der Waals surface area contributed by atoms with Crippen LogP contribution in [0.25, 0.3) is 11.0 Å². The molecule has 27 heavy (non-hydrogen) atoms. The Morgan fingerprint density at radius 3 is 2.70 bits per heavy atom. The van der Waals surface area contributed by atoms with Gasteiger partial charge in [-0.05, 0) is 43.9 Å². The first-order valence-electron chi connectivity index (χ1n) is 9.01. The number of anilines is 2. The molecule has 0 spiro atoms. The highest BCUT2D eigenvalue weighted by atomic mass is 16.5. The molecule has 7 heteroatoms. The van der Waals surface area contributed by atoms with E-state index >= 15 is 0 Å². The summed E-state index contributed by atoms with van der Waals surface area (Å²) in [7, 11) is 0. The van der Waals surface area contributed by atoms with E-state index in [2.05, 4.69) is 26.3 Å². The second kappa shape index (κ2) is 7.46. The number of hydrogen-bond acceptors (Lipinski definition) is 7. The first kappa shape index (κ1) is 17.0. The number of fused-ring (bicyclic) bond motifs is 1. The van der Waals surface area contributed by atoms with Gasteiger partial charge in [-0.25, -0.2) is 9.97 Å². The van der Waals surface area contributed by atoms with Crippen LogP contribution < -0.4 is 15.8 Å². The lowest BCUT2D eigenvalue weighted by Gasteiger charge is -2.30. The molecule has 2 heterocycles. The van der Waals surface area contributed by atoms with Crippen molar-refractivity contribution in [2.24, 2.45) is 0 Å². The second-order valence-corrected chi connectivity index (χ2v) is 6.69. The zero-order chi connectivity index (χ0) is 18.6. The number of ether oxygens (including phenoxy) is 1. The summed E-state index contributed by atoms with van der Waals surface area (Å²) in [6, 6.07) is 9.62. The number of nitrogens with two attached hydrogens (primary N) is 1. The normalized spacial score (nSPS) is 19.4. The summed E-state index contributed by atoms with van der Waals surface area (Å²) >= 11 is 0. The Bertz CT molecular complexity index is 991. The number of rotatable bonds is 4. The molecule has 0 atom stereocenters. The second-order valence-electron chi connectivity index (χ2n) is 6.69. The third kappa shape index (κ3) is 3.75. The maximum absolute atomic E-state index is 9.19. The van der Waals surface area contributed by atoms with E-state index in [0.717, 1.165) is 36.7 Å². The number of pyridine rings is 1. The van der Waals surface area contributed by atoms with Crippen molar-refractivity contribution in [3.8, 4) is 11.8 Å². The van der Waals surface area contributed by atoms with Crippen LogP contribution in [0.1, 0.15) is 31.2 Å². The smallest absolute Gasteiger partial charge is 0.149 e. The standard InChI is InChI=1S/C20H20N6O/c21-12-13-2-1-7-25-20(13)26-15-3-5-16(6-4-15)27-18-11-14(22)10-17-19(18)24-9-8-23-17/h1-2,7-11,15-16H,3-6,22H2,(H,25,26). The fourth-order valence-corrected chi connectivity index (χ4v) is 3.46. The highest BCUT2D eigenvalue weighted by Gasteiger charge is 2.24. The average Bonchev–Trinajstić information content (AvgIpc) is 2.70. The molecule has 1 fully saturated rings. The number of nitrogens with zero attached hydrogens (tertiary/aromatic N) is 4. The molecule has 1 aromatic carbocycles. The van der Waals surface area contributed by atoms with Crippen molar-refractivity contribution in [1.29, 1.82) is 5.26 Å². The Morgan fingerprint density at radius 1 is 1.07 bits per heavy atom. The molecule has 4 rings (SSSR count). The molecule has 0 bridgehead atoms. The summed E-state index contributed by atoms with van der Waals surface area (Å²) in [4.78, 5) is 13.0. The van der Waals surface area contributed by atoms with E-state index in [1.165, 1.54) is 0 Å². The molecule has 0 saturated heterocycles. The molecule has 1 aliphatic rings. The lowest BCUT2D eigenvalue weighted by molar-refractivity contribution is 0.152. The Labute approximate surface area is 157 Å². The Kier molecular flexibility index (Phi) is 4.71. The molecule has 3 aromatic rings. The third-order valence-electron chi connectivity index (χ3n) is 4.80. The molecule has 0 amide bonds. The van der Waals surface area contributed by atoms with Crippen molar-refractivity contribution in [3.05, 3.63) is 48.4 Å². The first-order chi connectivity index (χ1) is 13.2. The third-order valence-corrected chi connectivity index (χ3v) is 4.80. The predicted molar refractivity (Wildman–Crippen MR) is 103 cm³/mol. The van der Waals surface area contributed by atoms with Gasteiger partial charge in [-0.1, -0.05) is 0 Å². The lowest BCUT2D eigenvalue weighted by Crippen LogP contribution is -2.31. The van der Waals surface area contributed by atoms with E-state index in [9.17, 15) is 5.26 Å². The molecule has 3 N–H and O–H groups in total. The topological polar surface area (TPSA) is 110 Å². The van der Waals surface area contributed by atoms with Crippen LogP contribution in [0.5, 0.6) is 5.75 Å². The van der Waals surface area contributed by atoms with Crippen molar-refractivity contribution < 1.29 is 4.74 Å². The van der Waals surface area contributed by atoms with E-state index < -0.39 is 0 Å². The summed E-state index contributed by atoms with van der Waals surface area (Å²) in [5.41, 5.74) is 8.64. The molecule has 1 saturated carbocycles. The number of nitriles is 1. The van der Waals surface area contributed by atoms with Crippen molar-refractivity contribution in [3.63, 3.8) is 0 Å². The molecule has 0 unspecified atom stereocenters. The first-order valence-corrected chi connectivity index (χ1v) is 9.01.